The van der Waals surface area contributed by atoms with Crippen LogP contribution in [0.3, 0.4) is 0 Å². The maximum absolute atomic E-state index is 5.14. The minimum absolute atomic E-state index is 0.854. The van der Waals surface area contributed by atoms with E-state index in [-0.39, 0.29) is 0 Å². The van der Waals surface area contributed by atoms with E-state index in [1.54, 1.807) is 7.11 Å². The molecule has 0 aliphatic rings. The van der Waals surface area contributed by atoms with Gasteiger partial charge in [-0.3, -0.25) is 4.68 Å². The van der Waals surface area contributed by atoms with Crippen LogP contribution >= 0.6 is 15.9 Å². The third-order valence-corrected chi connectivity index (χ3v) is 2.82. The number of hydrogen-bond donors (Lipinski definition) is 0. The molecule has 1 aromatic heterocycles. The summed E-state index contributed by atoms with van der Waals surface area (Å²) in [5.74, 6) is 0.866. The molecule has 0 aliphatic carbocycles. The molecule has 0 amide bonds. The molecule has 0 saturated heterocycles. The number of ether oxygens (including phenoxy) is 1. The number of aromatic nitrogens is 2. The Kier molecular flexibility index (Phi) is 3.29. The second-order valence-electron chi connectivity index (χ2n) is 3.40. The van der Waals surface area contributed by atoms with E-state index in [9.17, 15) is 0 Å². The predicted molar refractivity (Wildman–Crippen MR) is 67.6 cm³/mol. The van der Waals surface area contributed by atoms with Gasteiger partial charge >= 0.3 is 0 Å². The lowest BCUT2D eigenvalue weighted by Gasteiger charge is -2.05. The van der Waals surface area contributed by atoms with Crippen LogP contribution in [0.4, 0.5) is 0 Å². The zero-order valence-corrected chi connectivity index (χ0v) is 10.9. The van der Waals surface area contributed by atoms with Crippen molar-refractivity contribution in [1.82, 2.24) is 9.78 Å². The third-order valence-electron chi connectivity index (χ3n) is 2.44. The molecule has 1 aromatic carbocycles. The number of hydrogen-bond acceptors (Lipinski definition) is 2. The number of benzene rings is 1. The van der Waals surface area contributed by atoms with Gasteiger partial charge in [-0.15, -0.1) is 0 Å². The van der Waals surface area contributed by atoms with Gasteiger partial charge in [0.1, 0.15) is 10.4 Å². The molecule has 0 radical (unpaired) electrons. The highest BCUT2D eigenvalue weighted by atomic mass is 79.9. The number of rotatable bonds is 3. The minimum atomic E-state index is 0.854. The van der Waals surface area contributed by atoms with Gasteiger partial charge in [-0.05, 0) is 53.2 Å². The van der Waals surface area contributed by atoms with Gasteiger partial charge < -0.3 is 4.74 Å². The van der Waals surface area contributed by atoms with Gasteiger partial charge in [0.25, 0.3) is 0 Å². The molecule has 3 nitrogen and oxygen atoms in total. The molecule has 0 N–H and O–H groups in total. The Morgan fingerprint density at radius 1 is 1.31 bits per heavy atom. The summed E-state index contributed by atoms with van der Waals surface area (Å²) < 4.78 is 7.96. The van der Waals surface area contributed by atoms with E-state index in [0.717, 1.165) is 28.2 Å². The highest BCUT2D eigenvalue weighted by Crippen LogP contribution is 2.24. The van der Waals surface area contributed by atoms with Gasteiger partial charge in [-0.25, -0.2) is 0 Å². The van der Waals surface area contributed by atoms with Crippen molar-refractivity contribution in [3.05, 3.63) is 34.9 Å². The lowest BCUT2D eigenvalue weighted by molar-refractivity contribution is 0.415. The Bertz CT molecular complexity index is 476. The number of halogens is 1. The number of methoxy groups -OCH3 is 1. The first-order valence-corrected chi connectivity index (χ1v) is 5.91. The van der Waals surface area contributed by atoms with Gasteiger partial charge in [0.05, 0.1) is 12.8 Å². The SMILES string of the molecule is CCn1nc(Br)cc1-c1ccc(OC)cc1. The Hall–Kier alpha value is -1.29. The van der Waals surface area contributed by atoms with Crippen LogP contribution in [0.1, 0.15) is 6.92 Å². The van der Waals surface area contributed by atoms with Crippen LogP contribution in [0.5, 0.6) is 5.75 Å². The Balaban J connectivity index is 2.41. The fourth-order valence-electron chi connectivity index (χ4n) is 1.62. The summed E-state index contributed by atoms with van der Waals surface area (Å²) in [5, 5.41) is 4.35. The Morgan fingerprint density at radius 2 is 2.00 bits per heavy atom. The minimum Gasteiger partial charge on any atom is -0.497 e. The first kappa shape index (κ1) is 11.2. The summed E-state index contributed by atoms with van der Waals surface area (Å²) in [5.41, 5.74) is 2.25. The normalized spacial score (nSPS) is 10.4. The summed E-state index contributed by atoms with van der Waals surface area (Å²) in [6.07, 6.45) is 0. The van der Waals surface area contributed by atoms with Gasteiger partial charge in [-0.2, -0.15) is 5.10 Å². The highest BCUT2D eigenvalue weighted by Gasteiger charge is 2.07. The van der Waals surface area contributed by atoms with Crippen LogP contribution in [-0.4, -0.2) is 16.9 Å². The zero-order chi connectivity index (χ0) is 11.5. The van der Waals surface area contributed by atoms with Crippen LogP contribution in [0.2, 0.25) is 0 Å². The smallest absolute Gasteiger partial charge is 0.128 e. The van der Waals surface area contributed by atoms with Gasteiger partial charge in [0.2, 0.25) is 0 Å². The van der Waals surface area contributed by atoms with Crippen LogP contribution < -0.4 is 4.74 Å². The van der Waals surface area contributed by atoms with E-state index < -0.39 is 0 Å². The molecular formula is C12H13BrN2O. The molecule has 0 fully saturated rings. The van der Waals surface area contributed by atoms with Crippen molar-refractivity contribution in [2.24, 2.45) is 0 Å². The summed E-state index contributed by atoms with van der Waals surface area (Å²) in [6, 6.07) is 10.0. The number of nitrogens with zero attached hydrogens (tertiary/aromatic N) is 2. The third kappa shape index (κ3) is 2.11. The van der Waals surface area contributed by atoms with E-state index in [4.69, 9.17) is 4.74 Å². The lowest BCUT2D eigenvalue weighted by atomic mass is 10.1. The molecule has 84 valence electrons. The van der Waals surface area contributed by atoms with E-state index in [0.29, 0.717) is 0 Å². The van der Waals surface area contributed by atoms with E-state index in [1.165, 1.54) is 0 Å². The van der Waals surface area contributed by atoms with Crippen LogP contribution in [-0.2, 0) is 6.54 Å². The molecule has 0 spiro atoms. The first-order valence-electron chi connectivity index (χ1n) is 5.12. The van der Waals surface area contributed by atoms with Crippen molar-refractivity contribution >= 4 is 15.9 Å². The van der Waals surface area contributed by atoms with Crippen molar-refractivity contribution in [2.45, 2.75) is 13.5 Å². The van der Waals surface area contributed by atoms with E-state index in [1.807, 2.05) is 35.0 Å². The maximum atomic E-state index is 5.14. The second-order valence-corrected chi connectivity index (χ2v) is 4.21. The maximum Gasteiger partial charge on any atom is 0.128 e. The van der Waals surface area contributed by atoms with Crippen LogP contribution in [0.15, 0.2) is 34.9 Å². The molecule has 0 aliphatic heterocycles. The summed E-state index contributed by atoms with van der Waals surface area (Å²) in [7, 11) is 1.67. The highest BCUT2D eigenvalue weighted by molar-refractivity contribution is 9.10. The fourth-order valence-corrected chi connectivity index (χ4v) is 2.03. The monoisotopic (exact) mass is 280 g/mol. The second kappa shape index (κ2) is 4.70. The molecule has 0 saturated carbocycles. The van der Waals surface area contributed by atoms with Crippen molar-refractivity contribution in [3.8, 4) is 17.0 Å². The molecule has 16 heavy (non-hydrogen) atoms. The van der Waals surface area contributed by atoms with E-state index in [2.05, 4.69) is 28.0 Å². The topological polar surface area (TPSA) is 27.1 Å². The van der Waals surface area contributed by atoms with Crippen LogP contribution in [0, 0.1) is 0 Å². The zero-order valence-electron chi connectivity index (χ0n) is 9.27. The molecule has 4 heteroatoms. The molecule has 0 bridgehead atoms. The summed E-state index contributed by atoms with van der Waals surface area (Å²) in [4.78, 5) is 0. The molecule has 0 unspecified atom stereocenters. The van der Waals surface area contributed by atoms with Gasteiger partial charge in [0.15, 0.2) is 0 Å². The average molecular weight is 281 g/mol. The Morgan fingerprint density at radius 3 is 2.56 bits per heavy atom. The Labute approximate surface area is 103 Å². The molecule has 0 atom stereocenters. The van der Waals surface area contributed by atoms with Crippen molar-refractivity contribution in [2.75, 3.05) is 7.11 Å². The molecule has 2 aromatic rings. The number of aryl methyl sites for hydroxylation is 1. The van der Waals surface area contributed by atoms with Gasteiger partial charge in [0, 0.05) is 12.1 Å². The summed E-state index contributed by atoms with van der Waals surface area (Å²) >= 11 is 3.39. The first-order chi connectivity index (χ1) is 7.74. The van der Waals surface area contributed by atoms with Crippen LogP contribution in [0.25, 0.3) is 11.3 Å². The fraction of sp³-hybridized carbons (Fsp3) is 0.250. The van der Waals surface area contributed by atoms with Crippen molar-refractivity contribution in [1.29, 1.82) is 0 Å². The average Bonchev–Trinajstić information content (AvgIpc) is 2.70. The standard InChI is InChI=1S/C12H13BrN2O/c1-3-15-11(8-12(13)14-15)9-4-6-10(16-2)7-5-9/h4-8H,3H2,1-2H3. The quantitative estimate of drug-likeness (QED) is 0.862. The largest absolute Gasteiger partial charge is 0.497 e. The van der Waals surface area contributed by atoms with Gasteiger partial charge in [-0.1, -0.05) is 0 Å². The summed E-state index contributed by atoms with van der Waals surface area (Å²) in [6.45, 7) is 2.93. The van der Waals surface area contributed by atoms with E-state index >= 15 is 0 Å². The molecule has 2 rings (SSSR count). The van der Waals surface area contributed by atoms with Crippen molar-refractivity contribution in [3.63, 3.8) is 0 Å². The molecular weight excluding hydrogens is 268 g/mol. The molecule has 1 heterocycles. The lowest BCUT2D eigenvalue weighted by Crippen LogP contribution is -1.98. The predicted octanol–water partition coefficient (Wildman–Crippen LogP) is 3.34. The van der Waals surface area contributed by atoms with Crippen molar-refractivity contribution < 1.29 is 4.74 Å².